The van der Waals surface area contributed by atoms with Crippen molar-refractivity contribution in [3.05, 3.63) is 52.8 Å². The highest BCUT2D eigenvalue weighted by Gasteiger charge is 2.29. The van der Waals surface area contributed by atoms with Gasteiger partial charge in [0.1, 0.15) is 17.3 Å². The van der Waals surface area contributed by atoms with E-state index in [2.05, 4.69) is 4.99 Å². The molecule has 0 saturated carbocycles. The van der Waals surface area contributed by atoms with Crippen LogP contribution < -0.4 is 14.4 Å². The van der Waals surface area contributed by atoms with E-state index in [1.54, 1.807) is 37.0 Å². The molecule has 0 bridgehead atoms. The number of aromatic nitrogens is 1. The predicted octanol–water partition coefficient (Wildman–Crippen LogP) is 1.79. The number of hydrogen-bond donors (Lipinski definition) is 0. The van der Waals surface area contributed by atoms with Gasteiger partial charge < -0.3 is 18.9 Å². The van der Waals surface area contributed by atoms with Crippen molar-refractivity contribution in [3.8, 4) is 5.75 Å². The van der Waals surface area contributed by atoms with Gasteiger partial charge in [-0.05, 0) is 36.2 Å². The Morgan fingerprint density at radius 2 is 1.91 bits per heavy atom. The molecule has 180 valence electrons. The second-order valence-electron chi connectivity index (χ2n) is 7.82. The van der Waals surface area contributed by atoms with Crippen molar-refractivity contribution in [3.63, 3.8) is 0 Å². The number of amides is 2. The van der Waals surface area contributed by atoms with Gasteiger partial charge in [-0.3, -0.25) is 9.59 Å². The molecule has 0 aliphatic carbocycles. The predicted molar refractivity (Wildman–Crippen MR) is 130 cm³/mol. The van der Waals surface area contributed by atoms with Crippen LogP contribution in [0.3, 0.4) is 0 Å². The van der Waals surface area contributed by atoms with Gasteiger partial charge in [0.05, 0.1) is 23.9 Å². The maximum atomic E-state index is 12.7. The topological polar surface area (TPSA) is 107 Å². The van der Waals surface area contributed by atoms with Crippen molar-refractivity contribution in [2.45, 2.75) is 13.0 Å². The van der Waals surface area contributed by atoms with Crippen molar-refractivity contribution in [2.75, 3.05) is 43.8 Å². The number of hydrogen-bond acceptors (Lipinski definition) is 7. The molecule has 34 heavy (non-hydrogen) atoms. The largest absolute Gasteiger partial charge is 0.497 e. The smallest absolute Gasteiger partial charge is 0.263 e. The second kappa shape index (κ2) is 10.1. The number of benzene rings is 2. The highest BCUT2D eigenvalue weighted by molar-refractivity contribution is 7.92. The first kappa shape index (κ1) is 24.1. The normalized spacial score (nSPS) is 13.9. The van der Waals surface area contributed by atoms with Crippen LogP contribution in [0, 0.1) is 0 Å². The molecule has 3 aromatic rings. The SMILES string of the molecule is COCCn1c(=NC(=O)CS(=O)(=O)CC(=O)N2CCc3ccccc32)sc2cc(OC)ccc21. The van der Waals surface area contributed by atoms with Crippen LogP contribution in [0.15, 0.2) is 47.5 Å². The summed E-state index contributed by atoms with van der Waals surface area (Å²) in [4.78, 5) is 31.2. The monoisotopic (exact) mass is 503 g/mol. The van der Waals surface area contributed by atoms with Gasteiger partial charge in [0.2, 0.25) is 5.91 Å². The molecule has 2 amide bonds. The van der Waals surface area contributed by atoms with Gasteiger partial charge in [0, 0.05) is 25.9 Å². The Morgan fingerprint density at radius 1 is 1.12 bits per heavy atom. The molecule has 0 unspecified atom stereocenters. The number of anilines is 1. The molecular weight excluding hydrogens is 478 g/mol. The van der Waals surface area contributed by atoms with Gasteiger partial charge in [-0.2, -0.15) is 4.99 Å². The fourth-order valence-corrected chi connectivity index (χ4v) is 6.08. The van der Waals surface area contributed by atoms with Gasteiger partial charge >= 0.3 is 0 Å². The molecule has 9 nitrogen and oxygen atoms in total. The number of nitrogens with zero attached hydrogens (tertiary/aromatic N) is 3. The molecule has 0 saturated heterocycles. The summed E-state index contributed by atoms with van der Waals surface area (Å²) in [5.41, 5.74) is 2.56. The number of carbonyl (C=O) groups excluding carboxylic acids is 2. The van der Waals surface area contributed by atoms with Crippen LogP contribution in [-0.4, -0.2) is 63.7 Å². The van der Waals surface area contributed by atoms with Gasteiger partial charge in [-0.25, -0.2) is 8.42 Å². The summed E-state index contributed by atoms with van der Waals surface area (Å²) in [6.45, 7) is 1.26. The van der Waals surface area contributed by atoms with Crippen molar-refractivity contribution in [1.82, 2.24) is 4.57 Å². The zero-order valence-electron chi connectivity index (χ0n) is 18.9. The Hall–Kier alpha value is -3.02. The molecule has 0 radical (unpaired) electrons. The maximum Gasteiger partial charge on any atom is 0.263 e. The fourth-order valence-electron chi connectivity index (χ4n) is 3.91. The molecule has 2 heterocycles. The molecule has 0 spiro atoms. The summed E-state index contributed by atoms with van der Waals surface area (Å²) in [5, 5.41) is 0. The highest BCUT2D eigenvalue weighted by Crippen LogP contribution is 2.27. The van der Waals surface area contributed by atoms with E-state index in [0.29, 0.717) is 36.7 Å². The van der Waals surface area contributed by atoms with Crippen LogP contribution in [-0.2, 0) is 37.1 Å². The number of fused-ring (bicyclic) bond motifs is 2. The molecule has 0 fully saturated rings. The van der Waals surface area contributed by atoms with E-state index in [0.717, 1.165) is 21.5 Å². The van der Waals surface area contributed by atoms with Gasteiger partial charge in [0.15, 0.2) is 14.6 Å². The van der Waals surface area contributed by atoms with E-state index in [9.17, 15) is 18.0 Å². The summed E-state index contributed by atoms with van der Waals surface area (Å²) in [5.74, 6) is -2.28. The molecule has 0 atom stereocenters. The third-order valence-electron chi connectivity index (χ3n) is 5.50. The summed E-state index contributed by atoms with van der Waals surface area (Å²) >= 11 is 1.25. The molecule has 2 aromatic carbocycles. The average molecular weight is 504 g/mol. The Kier molecular flexibility index (Phi) is 7.15. The molecular formula is C23H25N3O6S2. The fraction of sp³-hybridized carbons (Fsp3) is 0.348. The first-order valence-electron chi connectivity index (χ1n) is 10.6. The van der Waals surface area contributed by atoms with E-state index in [-0.39, 0.29) is 0 Å². The van der Waals surface area contributed by atoms with Crippen LogP contribution in [0.1, 0.15) is 5.56 Å². The second-order valence-corrected chi connectivity index (χ2v) is 10.9. The van der Waals surface area contributed by atoms with Crippen LogP contribution in [0.5, 0.6) is 5.75 Å². The van der Waals surface area contributed by atoms with E-state index in [1.807, 2.05) is 24.3 Å². The third-order valence-corrected chi connectivity index (χ3v) is 7.92. The number of carbonyl (C=O) groups is 2. The molecule has 0 N–H and O–H groups in total. The van der Waals surface area contributed by atoms with E-state index in [1.165, 1.54) is 16.2 Å². The van der Waals surface area contributed by atoms with Crippen LogP contribution in [0.2, 0.25) is 0 Å². The highest BCUT2D eigenvalue weighted by atomic mass is 32.2. The van der Waals surface area contributed by atoms with E-state index < -0.39 is 33.2 Å². The minimum atomic E-state index is -3.99. The minimum Gasteiger partial charge on any atom is -0.497 e. The van der Waals surface area contributed by atoms with Gasteiger partial charge in [-0.1, -0.05) is 29.5 Å². The van der Waals surface area contributed by atoms with Crippen molar-refractivity contribution in [2.24, 2.45) is 4.99 Å². The molecule has 1 aromatic heterocycles. The summed E-state index contributed by atoms with van der Waals surface area (Å²) < 4.78 is 38.4. The zero-order chi connectivity index (χ0) is 24.3. The van der Waals surface area contributed by atoms with E-state index in [4.69, 9.17) is 9.47 Å². The number of methoxy groups -OCH3 is 2. The van der Waals surface area contributed by atoms with E-state index >= 15 is 0 Å². The molecule has 4 rings (SSSR count). The minimum absolute atomic E-state index is 0.361. The van der Waals surface area contributed by atoms with Gasteiger partial charge in [-0.15, -0.1) is 0 Å². The van der Waals surface area contributed by atoms with Crippen LogP contribution in [0.4, 0.5) is 5.69 Å². The lowest BCUT2D eigenvalue weighted by Gasteiger charge is -2.17. The van der Waals surface area contributed by atoms with Crippen LogP contribution >= 0.6 is 11.3 Å². The zero-order valence-corrected chi connectivity index (χ0v) is 20.5. The quantitative estimate of drug-likeness (QED) is 0.464. The summed E-state index contributed by atoms with van der Waals surface area (Å²) in [6.07, 6.45) is 0.675. The summed E-state index contributed by atoms with van der Waals surface area (Å²) in [7, 11) is -0.858. The molecule has 1 aliphatic rings. The first-order chi connectivity index (χ1) is 16.3. The lowest BCUT2D eigenvalue weighted by Crippen LogP contribution is -2.36. The third kappa shape index (κ3) is 5.21. The lowest BCUT2D eigenvalue weighted by atomic mass is 10.2. The first-order valence-corrected chi connectivity index (χ1v) is 13.3. The maximum absolute atomic E-state index is 12.7. The number of sulfone groups is 1. The Bertz CT molecular complexity index is 1410. The Balaban J connectivity index is 1.54. The van der Waals surface area contributed by atoms with Crippen molar-refractivity contribution >= 4 is 48.9 Å². The Labute approximate surface area is 201 Å². The number of ether oxygens (including phenoxy) is 2. The molecule has 1 aliphatic heterocycles. The van der Waals surface area contributed by atoms with Crippen molar-refractivity contribution < 1.29 is 27.5 Å². The average Bonchev–Trinajstić information content (AvgIpc) is 3.37. The number of rotatable bonds is 8. The van der Waals surface area contributed by atoms with Crippen molar-refractivity contribution in [1.29, 1.82) is 0 Å². The lowest BCUT2D eigenvalue weighted by molar-refractivity contribution is -0.116. The number of para-hydroxylation sites is 1. The Morgan fingerprint density at radius 3 is 2.68 bits per heavy atom. The summed E-state index contributed by atoms with van der Waals surface area (Å²) in [6, 6.07) is 12.9. The van der Waals surface area contributed by atoms with Gasteiger partial charge in [0.25, 0.3) is 5.91 Å². The molecule has 11 heteroatoms. The number of thiazole rings is 1. The van der Waals surface area contributed by atoms with Crippen LogP contribution in [0.25, 0.3) is 10.2 Å². The standard InChI is InChI=1S/C23H25N3O6S2/c1-31-12-11-26-19-8-7-17(32-2)13-20(19)33-23(26)24-21(27)14-34(29,30)15-22(28)25-10-9-16-5-3-4-6-18(16)25/h3-8,13H,9-12,14-15H2,1-2H3.